The normalized spacial score (nSPS) is 13.6. The Bertz CT molecular complexity index is 424. The van der Waals surface area contributed by atoms with E-state index in [0.29, 0.717) is 0 Å². The Morgan fingerprint density at radius 2 is 1.86 bits per heavy atom. The molecule has 1 aliphatic rings. The molecule has 3 rings (SSSR count). The van der Waals surface area contributed by atoms with E-state index >= 15 is 0 Å². The van der Waals surface area contributed by atoms with E-state index < -0.39 is 20.8 Å². The van der Waals surface area contributed by atoms with E-state index in [4.69, 9.17) is 17.0 Å². The molecule has 0 unspecified atom stereocenters. The summed E-state index contributed by atoms with van der Waals surface area (Å²) < 4.78 is 0. The molecule has 0 nitrogen and oxygen atoms in total. The van der Waals surface area contributed by atoms with Crippen molar-refractivity contribution < 1.29 is 20.8 Å². The van der Waals surface area contributed by atoms with E-state index in [1.807, 2.05) is 30.3 Å². The Labute approximate surface area is 154 Å². The molecule has 1 aliphatic carbocycles. The van der Waals surface area contributed by atoms with Gasteiger partial charge in [-0.05, 0) is 0 Å². The van der Waals surface area contributed by atoms with Crippen LogP contribution in [0.3, 0.4) is 0 Å². The van der Waals surface area contributed by atoms with Crippen LogP contribution in [-0.4, -0.2) is 0 Å². The van der Waals surface area contributed by atoms with Gasteiger partial charge in [0.15, 0.2) is 0 Å². The summed E-state index contributed by atoms with van der Waals surface area (Å²) in [4.78, 5) is 0. The molecule has 1 fully saturated rings. The van der Waals surface area contributed by atoms with Crippen molar-refractivity contribution in [2.75, 3.05) is 0 Å². The maximum atomic E-state index is 4.93. The molecule has 1 saturated carbocycles. The van der Waals surface area contributed by atoms with E-state index in [0.717, 1.165) is 5.92 Å². The second-order valence-corrected chi connectivity index (χ2v) is 9.40. The SMILES string of the molecule is CCCC[c-]1ccc(C2CCCC2)c1.[Cl][Zr+2][Cl].c1cc[cH-]c1. The van der Waals surface area contributed by atoms with E-state index in [1.165, 1.54) is 44.9 Å². The van der Waals surface area contributed by atoms with Gasteiger partial charge in [0.2, 0.25) is 0 Å². The fraction of sp³-hybridized carbons (Fsp3) is 0.474. The van der Waals surface area contributed by atoms with Crippen molar-refractivity contribution in [1.29, 1.82) is 0 Å². The average Bonchev–Trinajstić information content (AvgIpc) is 3.29. The Balaban J connectivity index is 0.000000250. The van der Waals surface area contributed by atoms with Crippen LogP contribution in [0.25, 0.3) is 0 Å². The summed E-state index contributed by atoms with van der Waals surface area (Å²) in [6, 6.07) is 17.1. The first-order valence-electron chi connectivity index (χ1n) is 8.20. The van der Waals surface area contributed by atoms with Crippen LogP contribution in [0.4, 0.5) is 0 Å². The van der Waals surface area contributed by atoms with Crippen molar-refractivity contribution >= 4 is 17.0 Å². The quantitative estimate of drug-likeness (QED) is 0.463. The van der Waals surface area contributed by atoms with Crippen LogP contribution >= 0.6 is 17.0 Å². The van der Waals surface area contributed by atoms with Gasteiger partial charge in [-0.1, -0.05) is 57.8 Å². The van der Waals surface area contributed by atoms with Crippen LogP contribution in [0.5, 0.6) is 0 Å². The predicted octanol–water partition coefficient (Wildman–Crippen LogP) is 7.19. The van der Waals surface area contributed by atoms with E-state index in [-0.39, 0.29) is 0 Å². The third kappa shape index (κ3) is 8.71. The second-order valence-electron chi connectivity index (χ2n) is 5.67. The fourth-order valence-electron chi connectivity index (χ4n) is 2.88. The first-order chi connectivity index (χ1) is 10.8. The van der Waals surface area contributed by atoms with Gasteiger partial charge in [-0.25, -0.2) is 18.2 Å². The molecule has 0 aromatic heterocycles. The van der Waals surface area contributed by atoms with Crippen LogP contribution in [0, 0.1) is 0 Å². The largest absolute Gasteiger partial charge is 0.214 e. The van der Waals surface area contributed by atoms with Gasteiger partial charge >= 0.3 is 37.9 Å². The van der Waals surface area contributed by atoms with Crippen molar-refractivity contribution in [3.8, 4) is 0 Å². The zero-order chi connectivity index (χ0) is 16.0. The zero-order valence-corrected chi connectivity index (χ0v) is 17.4. The molecule has 3 heteroatoms. The number of rotatable bonds is 4. The van der Waals surface area contributed by atoms with Crippen molar-refractivity contribution in [3.63, 3.8) is 0 Å². The summed E-state index contributed by atoms with van der Waals surface area (Å²) in [5.74, 6) is 0.894. The van der Waals surface area contributed by atoms with Gasteiger partial charge in [-0.3, -0.25) is 0 Å². The third-order valence-corrected chi connectivity index (χ3v) is 4.04. The number of hydrogen-bond acceptors (Lipinski definition) is 0. The summed E-state index contributed by atoms with van der Waals surface area (Å²) in [6.45, 7) is 2.26. The van der Waals surface area contributed by atoms with Gasteiger partial charge in [0.05, 0.1) is 0 Å². The molecule has 22 heavy (non-hydrogen) atoms. The summed E-state index contributed by atoms with van der Waals surface area (Å²) in [5, 5.41) is 0. The van der Waals surface area contributed by atoms with E-state index in [9.17, 15) is 0 Å². The summed E-state index contributed by atoms with van der Waals surface area (Å²) in [7, 11) is 9.87. The topological polar surface area (TPSA) is 0 Å². The van der Waals surface area contributed by atoms with Crippen LogP contribution in [-0.2, 0) is 27.3 Å². The molecule has 0 spiro atoms. The molecule has 120 valence electrons. The molecule has 0 atom stereocenters. The standard InChI is InChI=1S/C14H21.C5H5.2ClH.Zr/c1-2-3-6-12-9-10-14(11-12)13-7-4-5-8-13;1-2-4-5-3-1;;;/h9-11,13H,2-8H2,1H3;1-5H;2*1H;/q2*-1;;;+4/p-2. The fourth-order valence-corrected chi connectivity index (χ4v) is 2.88. The third-order valence-electron chi connectivity index (χ3n) is 4.04. The zero-order valence-electron chi connectivity index (χ0n) is 13.4. The smallest absolute Gasteiger partial charge is 0.172 e. The van der Waals surface area contributed by atoms with Gasteiger partial charge in [0.1, 0.15) is 0 Å². The van der Waals surface area contributed by atoms with Gasteiger partial charge in [-0.15, -0.1) is 0 Å². The Morgan fingerprint density at radius 3 is 2.36 bits per heavy atom. The second kappa shape index (κ2) is 13.6. The Hall–Kier alpha value is 0.163. The van der Waals surface area contributed by atoms with E-state index in [1.54, 1.807) is 11.1 Å². The Morgan fingerprint density at radius 1 is 1.23 bits per heavy atom. The van der Waals surface area contributed by atoms with Gasteiger partial charge < -0.3 is 0 Å². The molecule has 0 bridgehead atoms. The van der Waals surface area contributed by atoms with Crippen LogP contribution < -0.4 is 0 Å². The monoisotopic (exact) mass is 414 g/mol. The first-order valence-corrected chi connectivity index (χ1v) is 14.5. The number of halogens is 2. The molecule has 0 radical (unpaired) electrons. The minimum absolute atomic E-state index is 0.826. The maximum absolute atomic E-state index is 4.93. The maximum Gasteiger partial charge on any atom is -0.172 e. The number of hydrogen-bond donors (Lipinski definition) is 0. The minimum atomic E-state index is -0.826. The van der Waals surface area contributed by atoms with Crippen LogP contribution in [0.15, 0.2) is 48.5 Å². The summed E-state index contributed by atoms with van der Waals surface area (Å²) >= 11 is -0.826. The molecule has 0 saturated heterocycles. The van der Waals surface area contributed by atoms with Crippen molar-refractivity contribution in [3.05, 3.63) is 59.7 Å². The van der Waals surface area contributed by atoms with Crippen LogP contribution in [0.2, 0.25) is 0 Å². The average molecular weight is 417 g/mol. The van der Waals surface area contributed by atoms with Gasteiger partial charge in [-0.2, -0.15) is 41.5 Å². The van der Waals surface area contributed by atoms with Crippen molar-refractivity contribution in [2.24, 2.45) is 0 Å². The molecular weight excluding hydrogens is 390 g/mol. The van der Waals surface area contributed by atoms with Crippen molar-refractivity contribution in [1.82, 2.24) is 0 Å². The molecule has 0 N–H and O–H groups in total. The molecule has 2 aromatic rings. The minimum Gasteiger partial charge on any atom is -0.214 e. The molecule has 0 heterocycles. The summed E-state index contributed by atoms with van der Waals surface area (Å²) in [6.07, 6.45) is 9.68. The molecule has 2 aromatic carbocycles. The van der Waals surface area contributed by atoms with Gasteiger partial charge in [0.25, 0.3) is 0 Å². The summed E-state index contributed by atoms with van der Waals surface area (Å²) in [5.41, 5.74) is 3.18. The van der Waals surface area contributed by atoms with E-state index in [2.05, 4.69) is 25.1 Å². The van der Waals surface area contributed by atoms with Crippen molar-refractivity contribution in [2.45, 2.75) is 57.8 Å². The first kappa shape index (κ1) is 20.2. The van der Waals surface area contributed by atoms with Gasteiger partial charge in [0, 0.05) is 0 Å². The predicted molar refractivity (Wildman–Crippen MR) is 95.6 cm³/mol. The van der Waals surface area contributed by atoms with Crippen LogP contribution in [0.1, 0.15) is 62.5 Å². The number of unbranched alkanes of at least 4 members (excludes halogenated alkanes) is 1. The molecule has 0 aliphatic heterocycles. The number of aryl methyl sites for hydroxylation is 1. The molecular formula is C19H26Cl2Zr. The Kier molecular flexibility index (Phi) is 12.5. The molecule has 0 amide bonds.